The molecule has 1 N–H and O–H groups in total. The van der Waals surface area contributed by atoms with Gasteiger partial charge in [0, 0.05) is 0 Å². The zero-order chi connectivity index (χ0) is 12.8. The van der Waals surface area contributed by atoms with Gasteiger partial charge in [0.15, 0.2) is 0 Å². The van der Waals surface area contributed by atoms with Crippen molar-refractivity contribution in [3.05, 3.63) is 29.8 Å². The van der Waals surface area contributed by atoms with Crippen LogP contribution < -0.4 is 9.64 Å². The van der Waals surface area contributed by atoms with Gasteiger partial charge in [-0.25, -0.2) is 0 Å². The van der Waals surface area contributed by atoms with Gasteiger partial charge in [-0.3, -0.25) is 0 Å². The summed E-state index contributed by atoms with van der Waals surface area (Å²) in [5, 5.41) is 8.96. The first kappa shape index (κ1) is 12.9. The van der Waals surface area contributed by atoms with E-state index in [4.69, 9.17) is 10.00 Å². The quantitative estimate of drug-likeness (QED) is 0.867. The van der Waals surface area contributed by atoms with Gasteiger partial charge in [-0.05, 0) is 30.9 Å². The molecule has 1 heterocycles. The average molecular weight is 245 g/mol. The maximum Gasteiger partial charge on any atom is 0.137 e. The Balaban J connectivity index is 1.77. The van der Waals surface area contributed by atoms with Crippen LogP contribution in [0.2, 0.25) is 0 Å². The van der Waals surface area contributed by atoms with E-state index in [1.807, 2.05) is 18.2 Å². The van der Waals surface area contributed by atoms with Crippen molar-refractivity contribution in [2.24, 2.45) is 5.92 Å². The number of para-hydroxylation sites is 1. The predicted octanol–water partition coefficient (Wildman–Crippen LogP) is 1.25. The fourth-order valence-corrected chi connectivity index (χ4v) is 2.41. The Kier molecular flexibility index (Phi) is 4.60. The molecular formula is C15H21N2O+. The lowest BCUT2D eigenvalue weighted by atomic mass is 9.99. The van der Waals surface area contributed by atoms with E-state index >= 15 is 0 Å². The highest BCUT2D eigenvalue weighted by atomic mass is 16.5. The Labute approximate surface area is 109 Å². The third-order valence-corrected chi connectivity index (χ3v) is 3.70. The molecule has 0 atom stereocenters. The number of hydrogen-bond donors (Lipinski definition) is 1. The van der Waals surface area contributed by atoms with Crippen molar-refractivity contribution >= 4 is 0 Å². The highest BCUT2D eigenvalue weighted by Crippen LogP contribution is 2.15. The number of piperidine rings is 1. The SMILES string of the molecule is CC1CC[NH+](CCOc2ccccc2C#N)CC1. The van der Waals surface area contributed by atoms with E-state index in [0.29, 0.717) is 17.9 Å². The van der Waals surface area contributed by atoms with Gasteiger partial charge in [0.1, 0.15) is 25.0 Å². The molecule has 2 rings (SSSR count). The molecule has 1 aromatic rings. The van der Waals surface area contributed by atoms with Gasteiger partial charge < -0.3 is 9.64 Å². The highest BCUT2D eigenvalue weighted by molar-refractivity contribution is 5.42. The fraction of sp³-hybridized carbons (Fsp3) is 0.533. The molecule has 3 nitrogen and oxygen atoms in total. The van der Waals surface area contributed by atoms with Gasteiger partial charge in [-0.15, -0.1) is 0 Å². The maximum atomic E-state index is 8.96. The lowest BCUT2D eigenvalue weighted by Crippen LogP contribution is -3.13. The second-order valence-electron chi connectivity index (χ2n) is 5.14. The Morgan fingerprint density at radius 1 is 1.33 bits per heavy atom. The number of nitrogens with zero attached hydrogens (tertiary/aromatic N) is 1. The molecule has 96 valence electrons. The van der Waals surface area contributed by atoms with Crippen molar-refractivity contribution in [2.45, 2.75) is 19.8 Å². The first-order valence-electron chi connectivity index (χ1n) is 6.75. The van der Waals surface area contributed by atoms with E-state index in [1.165, 1.54) is 25.9 Å². The fourth-order valence-electron chi connectivity index (χ4n) is 2.41. The minimum Gasteiger partial charge on any atom is -0.486 e. The van der Waals surface area contributed by atoms with Crippen molar-refractivity contribution < 1.29 is 9.64 Å². The lowest BCUT2D eigenvalue weighted by molar-refractivity contribution is -0.906. The average Bonchev–Trinajstić information content (AvgIpc) is 2.41. The van der Waals surface area contributed by atoms with Gasteiger partial charge in [-0.2, -0.15) is 5.26 Å². The van der Waals surface area contributed by atoms with Crippen LogP contribution in [0.3, 0.4) is 0 Å². The first-order chi connectivity index (χ1) is 8.79. The van der Waals surface area contributed by atoms with Gasteiger partial charge in [0.25, 0.3) is 0 Å². The minimum absolute atomic E-state index is 0.625. The Morgan fingerprint density at radius 3 is 2.78 bits per heavy atom. The normalized spacial score (nSPS) is 23.3. The molecule has 0 radical (unpaired) electrons. The molecule has 1 aromatic carbocycles. The maximum absolute atomic E-state index is 8.96. The molecule has 0 bridgehead atoms. The van der Waals surface area contributed by atoms with Crippen LogP contribution in [0.1, 0.15) is 25.3 Å². The summed E-state index contributed by atoms with van der Waals surface area (Å²) < 4.78 is 5.71. The van der Waals surface area contributed by atoms with Crippen molar-refractivity contribution in [1.29, 1.82) is 5.26 Å². The monoisotopic (exact) mass is 245 g/mol. The number of hydrogen-bond acceptors (Lipinski definition) is 2. The molecule has 0 spiro atoms. The zero-order valence-corrected chi connectivity index (χ0v) is 11.0. The smallest absolute Gasteiger partial charge is 0.137 e. The van der Waals surface area contributed by atoms with Crippen LogP contribution >= 0.6 is 0 Å². The van der Waals surface area contributed by atoms with Gasteiger partial charge in [0.05, 0.1) is 18.7 Å². The second-order valence-corrected chi connectivity index (χ2v) is 5.14. The van der Waals surface area contributed by atoms with Crippen LogP contribution in [0.25, 0.3) is 0 Å². The van der Waals surface area contributed by atoms with Crippen LogP contribution in [0.5, 0.6) is 5.75 Å². The number of quaternary nitrogens is 1. The molecule has 0 aromatic heterocycles. The van der Waals surface area contributed by atoms with Crippen LogP contribution in [0, 0.1) is 17.2 Å². The summed E-state index contributed by atoms with van der Waals surface area (Å²) in [6, 6.07) is 9.59. The summed E-state index contributed by atoms with van der Waals surface area (Å²) in [5.74, 6) is 1.60. The summed E-state index contributed by atoms with van der Waals surface area (Å²) in [6.07, 6.45) is 2.65. The predicted molar refractivity (Wildman–Crippen MR) is 70.6 cm³/mol. The summed E-state index contributed by atoms with van der Waals surface area (Å²) in [4.78, 5) is 1.63. The lowest BCUT2D eigenvalue weighted by Gasteiger charge is -2.27. The van der Waals surface area contributed by atoms with Crippen molar-refractivity contribution in [3.63, 3.8) is 0 Å². The molecule has 0 aliphatic carbocycles. The third-order valence-electron chi connectivity index (χ3n) is 3.70. The molecule has 1 fully saturated rings. The molecule has 0 saturated carbocycles. The largest absolute Gasteiger partial charge is 0.486 e. The number of ether oxygens (including phenoxy) is 1. The summed E-state index contributed by atoms with van der Waals surface area (Å²) >= 11 is 0. The van der Waals surface area contributed by atoms with Crippen LogP contribution in [0.15, 0.2) is 24.3 Å². The van der Waals surface area contributed by atoms with Crippen molar-refractivity contribution in [2.75, 3.05) is 26.2 Å². The zero-order valence-electron chi connectivity index (χ0n) is 11.0. The molecule has 1 aliphatic rings. The van der Waals surface area contributed by atoms with E-state index in [2.05, 4.69) is 13.0 Å². The van der Waals surface area contributed by atoms with Gasteiger partial charge in [0.2, 0.25) is 0 Å². The second kappa shape index (κ2) is 6.42. The van der Waals surface area contributed by atoms with E-state index in [1.54, 1.807) is 11.0 Å². The van der Waals surface area contributed by atoms with Crippen LogP contribution in [0.4, 0.5) is 0 Å². The standard InChI is InChI=1S/C15H20N2O/c1-13-6-8-17(9-7-13)10-11-18-15-5-3-2-4-14(15)12-16/h2-5,13H,6-11H2,1H3/p+1. The third kappa shape index (κ3) is 3.48. The molecular weight excluding hydrogens is 224 g/mol. The number of likely N-dealkylation sites (tertiary alicyclic amines) is 1. The Hall–Kier alpha value is -1.53. The molecule has 1 aliphatic heterocycles. The molecule has 0 amide bonds. The summed E-state index contributed by atoms with van der Waals surface area (Å²) in [6.45, 7) is 6.57. The van der Waals surface area contributed by atoms with Crippen molar-refractivity contribution in [3.8, 4) is 11.8 Å². The van der Waals surface area contributed by atoms with E-state index in [9.17, 15) is 0 Å². The molecule has 1 saturated heterocycles. The van der Waals surface area contributed by atoms with Gasteiger partial charge >= 0.3 is 0 Å². The minimum atomic E-state index is 0.625. The molecule has 3 heteroatoms. The number of benzene rings is 1. The summed E-state index contributed by atoms with van der Waals surface area (Å²) in [7, 11) is 0. The topological polar surface area (TPSA) is 37.5 Å². The van der Waals surface area contributed by atoms with E-state index in [-0.39, 0.29) is 0 Å². The van der Waals surface area contributed by atoms with E-state index in [0.717, 1.165) is 12.5 Å². The molecule has 18 heavy (non-hydrogen) atoms. The Morgan fingerprint density at radius 2 is 2.06 bits per heavy atom. The van der Waals surface area contributed by atoms with Gasteiger partial charge in [-0.1, -0.05) is 19.1 Å². The number of rotatable bonds is 4. The van der Waals surface area contributed by atoms with Crippen LogP contribution in [-0.2, 0) is 0 Å². The first-order valence-corrected chi connectivity index (χ1v) is 6.75. The van der Waals surface area contributed by atoms with Crippen molar-refractivity contribution in [1.82, 2.24) is 0 Å². The molecule has 0 unspecified atom stereocenters. The van der Waals surface area contributed by atoms with E-state index < -0.39 is 0 Å². The van der Waals surface area contributed by atoms with Crippen LogP contribution in [-0.4, -0.2) is 26.2 Å². The highest BCUT2D eigenvalue weighted by Gasteiger charge is 2.18. The number of nitrogens with one attached hydrogen (secondary N) is 1. The Bertz CT molecular complexity index is 417. The summed E-state index contributed by atoms with van der Waals surface area (Å²) in [5.41, 5.74) is 0.625. The number of nitriles is 1.